The molecule has 106 valence electrons. The molecule has 1 aromatic heterocycles. The van der Waals surface area contributed by atoms with Gasteiger partial charge in [0.05, 0.1) is 11.1 Å². The summed E-state index contributed by atoms with van der Waals surface area (Å²) in [6.07, 6.45) is 0.961. The summed E-state index contributed by atoms with van der Waals surface area (Å²) in [6.45, 7) is 8.89. The predicted octanol–water partition coefficient (Wildman–Crippen LogP) is 3.64. The highest BCUT2D eigenvalue weighted by atomic mass is 16.2. The molecule has 0 aliphatic heterocycles. The SMILES string of the molecule is CCCN(C)C(=O)c1cc(C)nc2c(C)cc(C)cc12. The lowest BCUT2D eigenvalue weighted by atomic mass is 10.0. The first-order valence-electron chi connectivity index (χ1n) is 7.08. The van der Waals surface area contributed by atoms with Crippen LogP contribution < -0.4 is 0 Å². The van der Waals surface area contributed by atoms with Crippen molar-refractivity contribution in [2.45, 2.75) is 34.1 Å². The Bertz CT molecular complexity index is 662. The van der Waals surface area contributed by atoms with E-state index in [2.05, 4.69) is 31.0 Å². The van der Waals surface area contributed by atoms with Crippen molar-refractivity contribution in [3.63, 3.8) is 0 Å². The topological polar surface area (TPSA) is 33.2 Å². The number of aryl methyl sites for hydroxylation is 3. The predicted molar refractivity (Wildman–Crippen MR) is 83.2 cm³/mol. The highest BCUT2D eigenvalue weighted by molar-refractivity contribution is 6.06. The molecule has 0 radical (unpaired) electrons. The van der Waals surface area contributed by atoms with Crippen LogP contribution >= 0.6 is 0 Å². The van der Waals surface area contributed by atoms with Crippen molar-refractivity contribution in [3.8, 4) is 0 Å². The van der Waals surface area contributed by atoms with Gasteiger partial charge in [-0.1, -0.05) is 18.6 Å². The van der Waals surface area contributed by atoms with Gasteiger partial charge in [0.25, 0.3) is 5.91 Å². The molecule has 1 aromatic carbocycles. The molecule has 20 heavy (non-hydrogen) atoms. The number of nitrogens with zero attached hydrogens (tertiary/aromatic N) is 2. The van der Waals surface area contributed by atoms with E-state index in [1.54, 1.807) is 4.90 Å². The van der Waals surface area contributed by atoms with Gasteiger partial charge in [-0.25, -0.2) is 0 Å². The minimum Gasteiger partial charge on any atom is -0.342 e. The maximum Gasteiger partial charge on any atom is 0.254 e. The van der Waals surface area contributed by atoms with Crippen molar-refractivity contribution in [2.24, 2.45) is 0 Å². The quantitative estimate of drug-likeness (QED) is 0.853. The Kier molecular flexibility index (Phi) is 4.07. The number of pyridine rings is 1. The van der Waals surface area contributed by atoms with E-state index in [1.807, 2.05) is 27.0 Å². The zero-order chi connectivity index (χ0) is 14.9. The highest BCUT2D eigenvalue weighted by Gasteiger charge is 2.16. The summed E-state index contributed by atoms with van der Waals surface area (Å²) < 4.78 is 0. The number of hydrogen-bond acceptors (Lipinski definition) is 2. The molecular weight excluding hydrogens is 248 g/mol. The van der Waals surface area contributed by atoms with Crippen LogP contribution in [0.15, 0.2) is 18.2 Å². The number of hydrogen-bond donors (Lipinski definition) is 0. The third-order valence-electron chi connectivity index (χ3n) is 3.51. The summed E-state index contributed by atoms with van der Waals surface area (Å²) in [7, 11) is 1.86. The van der Waals surface area contributed by atoms with Gasteiger partial charge in [0.15, 0.2) is 0 Å². The van der Waals surface area contributed by atoms with Crippen LogP contribution in [-0.2, 0) is 0 Å². The van der Waals surface area contributed by atoms with Crippen molar-refractivity contribution in [1.82, 2.24) is 9.88 Å². The third-order valence-corrected chi connectivity index (χ3v) is 3.51. The van der Waals surface area contributed by atoms with Gasteiger partial charge in [-0.15, -0.1) is 0 Å². The van der Waals surface area contributed by atoms with Gasteiger partial charge in [0.2, 0.25) is 0 Å². The van der Waals surface area contributed by atoms with E-state index >= 15 is 0 Å². The maximum atomic E-state index is 12.6. The van der Waals surface area contributed by atoms with Gasteiger partial charge in [0, 0.05) is 24.7 Å². The standard InChI is InChI=1S/C17H22N2O/c1-6-7-19(5)17(20)15-10-13(4)18-16-12(3)8-11(2)9-14(15)16/h8-10H,6-7H2,1-5H3. The van der Waals surface area contributed by atoms with Crippen LogP contribution in [0, 0.1) is 20.8 Å². The molecule has 0 saturated heterocycles. The second-order valence-electron chi connectivity index (χ2n) is 5.52. The zero-order valence-corrected chi connectivity index (χ0v) is 12.9. The largest absolute Gasteiger partial charge is 0.342 e. The Labute approximate surface area is 120 Å². The first-order valence-corrected chi connectivity index (χ1v) is 7.08. The van der Waals surface area contributed by atoms with Crippen LogP contribution in [0.25, 0.3) is 10.9 Å². The molecule has 3 heteroatoms. The van der Waals surface area contributed by atoms with Crippen molar-refractivity contribution >= 4 is 16.8 Å². The zero-order valence-electron chi connectivity index (χ0n) is 12.9. The van der Waals surface area contributed by atoms with Crippen molar-refractivity contribution in [3.05, 3.63) is 40.6 Å². The molecule has 0 aliphatic rings. The Balaban J connectivity index is 2.66. The van der Waals surface area contributed by atoms with Gasteiger partial charge in [-0.05, 0) is 44.9 Å². The monoisotopic (exact) mass is 270 g/mol. The summed E-state index contributed by atoms with van der Waals surface area (Å²) in [4.78, 5) is 19.0. The van der Waals surface area contributed by atoms with Gasteiger partial charge in [-0.2, -0.15) is 0 Å². The summed E-state index contributed by atoms with van der Waals surface area (Å²) in [6, 6.07) is 6.07. The average molecular weight is 270 g/mol. The number of aromatic nitrogens is 1. The van der Waals surface area contributed by atoms with Crippen molar-refractivity contribution in [2.75, 3.05) is 13.6 Å². The summed E-state index contributed by atoms with van der Waals surface area (Å²) >= 11 is 0. The minimum absolute atomic E-state index is 0.0763. The van der Waals surface area contributed by atoms with Crippen molar-refractivity contribution in [1.29, 1.82) is 0 Å². The van der Waals surface area contributed by atoms with Crippen molar-refractivity contribution < 1.29 is 4.79 Å². The van der Waals surface area contributed by atoms with E-state index in [4.69, 9.17) is 0 Å². The molecule has 0 unspecified atom stereocenters. The van der Waals surface area contributed by atoms with Crippen LogP contribution in [-0.4, -0.2) is 29.4 Å². The van der Waals surface area contributed by atoms with Crippen LogP contribution in [0.2, 0.25) is 0 Å². The molecule has 0 aliphatic carbocycles. The molecule has 2 rings (SSSR count). The molecule has 0 saturated carbocycles. The lowest BCUT2D eigenvalue weighted by Gasteiger charge is -2.18. The van der Waals surface area contributed by atoms with Gasteiger partial charge in [-0.3, -0.25) is 9.78 Å². The Morgan fingerprint density at radius 3 is 2.55 bits per heavy atom. The number of carbonyl (C=O) groups excluding carboxylic acids is 1. The molecule has 3 nitrogen and oxygen atoms in total. The Morgan fingerprint density at radius 1 is 1.20 bits per heavy atom. The fraction of sp³-hybridized carbons (Fsp3) is 0.412. The van der Waals surface area contributed by atoms with E-state index < -0.39 is 0 Å². The second kappa shape index (κ2) is 5.61. The van der Waals surface area contributed by atoms with E-state index in [0.29, 0.717) is 0 Å². The smallest absolute Gasteiger partial charge is 0.254 e. The number of benzene rings is 1. The summed E-state index contributed by atoms with van der Waals surface area (Å²) in [5.74, 6) is 0.0763. The Morgan fingerprint density at radius 2 is 1.90 bits per heavy atom. The van der Waals surface area contributed by atoms with Gasteiger partial charge in [0.1, 0.15) is 0 Å². The first-order chi connectivity index (χ1) is 9.43. The molecule has 2 aromatic rings. The van der Waals surface area contributed by atoms with Crippen LogP contribution in [0.1, 0.15) is 40.5 Å². The third kappa shape index (κ3) is 2.67. The molecule has 1 amide bonds. The molecule has 0 spiro atoms. The molecule has 0 fully saturated rings. The normalized spacial score (nSPS) is 10.8. The molecule has 1 heterocycles. The van der Waals surface area contributed by atoms with Gasteiger partial charge >= 0.3 is 0 Å². The van der Waals surface area contributed by atoms with E-state index in [1.165, 1.54) is 0 Å². The minimum atomic E-state index is 0.0763. The van der Waals surface area contributed by atoms with E-state index in [9.17, 15) is 4.79 Å². The lowest BCUT2D eigenvalue weighted by molar-refractivity contribution is 0.0797. The fourth-order valence-electron chi connectivity index (χ4n) is 2.63. The van der Waals surface area contributed by atoms with Crippen LogP contribution in [0.3, 0.4) is 0 Å². The number of carbonyl (C=O) groups is 1. The number of rotatable bonds is 3. The van der Waals surface area contributed by atoms with E-state index in [0.717, 1.165) is 46.3 Å². The lowest BCUT2D eigenvalue weighted by Crippen LogP contribution is -2.27. The number of amides is 1. The summed E-state index contributed by atoms with van der Waals surface area (Å²) in [5, 5.41) is 0.959. The molecule has 0 atom stereocenters. The average Bonchev–Trinajstić information content (AvgIpc) is 2.38. The van der Waals surface area contributed by atoms with Crippen LogP contribution in [0.4, 0.5) is 0 Å². The summed E-state index contributed by atoms with van der Waals surface area (Å²) in [5.41, 5.74) is 4.86. The Hall–Kier alpha value is -1.90. The highest BCUT2D eigenvalue weighted by Crippen LogP contribution is 2.24. The molecule has 0 N–H and O–H groups in total. The van der Waals surface area contributed by atoms with Gasteiger partial charge < -0.3 is 4.90 Å². The second-order valence-corrected chi connectivity index (χ2v) is 5.52. The maximum absolute atomic E-state index is 12.6. The van der Waals surface area contributed by atoms with Crippen LogP contribution in [0.5, 0.6) is 0 Å². The molecule has 0 bridgehead atoms. The number of fused-ring (bicyclic) bond motifs is 1. The molecular formula is C17H22N2O. The fourth-order valence-corrected chi connectivity index (χ4v) is 2.63. The first kappa shape index (κ1) is 14.5. The van der Waals surface area contributed by atoms with E-state index in [-0.39, 0.29) is 5.91 Å².